The van der Waals surface area contributed by atoms with Gasteiger partial charge in [0.25, 0.3) is 0 Å². The van der Waals surface area contributed by atoms with Crippen molar-refractivity contribution in [3.05, 3.63) is 35.6 Å². The second-order valence-corrected chi connectivity index (χ2v) is 5.69. The second kappa shape index (κ2) is 8.73. The molecule has 0 spiro atoms. The van der Waals surface area contributed by atoms with Crippen LogP contribution in [0, 0.1) is 5.82 Å². The van der Waals surface area contributed by atoms with Crippen LogP contribution in [-0.2, 0) is 6.42 Å². The first kappa shape index (κ1) is 16.7. The zero-order valence-electron chi connectivity index (χ0n) is 13.3. The summed E-state index contributed by atoms with van der Waals surface area (Å²) in [6.07, 6.45) is 3.15. The van der Waals surface area contributed by atoms with Crippen LogP contribution in [0.3, 0.4) is 0 Å². The number of hydrogen-bond donors (Lipinski definition) is 2. The predicted molar refractivity (Wildman–Crippen MR) is 87.5 cm³/mol. The number of benzene rings is 1. The number of nitrogens with zero attached hydrogens (tertiary/aromatic N) is 2. The van der Waals surface area contributed by atoms with E-state index >= 15 is 0 Å². The zero-order valence-corrected chi connectivity index (χ0v) is 13.3. The van der Waals surface area contributed by atoms with Crippen LogP contribution >= 0.6 is 0 Å². The summed E-state index contributed by atoms with van der Waals surface area (Å²) < 4.78 is 13.1. The summed E-state index contributed by atoms with van der Waals surface area (Å²) in [5, 5.41) is 12.9. The molecule has 1 saturated heterocycles. The van der Waals surface area contributed by atoms with Crippen molar-refractivity contribution in [2.24, 2.45) is 4.99 Å². The van der Waals surface area contributed by atoms with Gasteiger partial charge in [0.1, 0.15) is 5.82 Å². The molecule has 0 aliphatic carbocycles. The number of nitrogens with one attached hydrogen (secondary N) is 1. The standard InChI is InChI=1S/C17H26FN3O/c1-2-19-17(21-11-8-16(22)9-12-21)20-10-4-6-14-5-3-7-15(18)13-14/h3,5,7,13,16,22H,2,4,6,8-12H2,1H3,(H,19,20). The first-order valence-corrected chi connectivity index (χ1v) is 8.15. The molecule has 1 aromatic rings. The number of aliphatic hydroxyl groups excluding tert-OH is 1. The van der Waals surface area contributed by atoms with Crippen LogP contribution in [0.5, 0.6) is 0 Å². The third-order valence-corrected chi connectivity index (χ3v) is 3.87. The van der Waals surface area contributed by atoms with Crippen molar-refractivity contribution in [1.29, 1.82) is 0 Å². The molecule has 1 aromatic carbocycles. The molecule has 0 amide bonds. The number of likely N-dealkylation sites (tertiary alicyclic amines) is 1. The lowest BCUT2D eigenvalue weighted by molar-refractivity contribution is 0.108. The van der Waals surface area contributed by atoms with Crippen molar-refractivity contribution >= 4 is 5.96 Å². The van der Waals surface area contributed by atoms with Gasteiger partial charge >= 0.3 is 0 Å². The molecule has 0 radical (unpaired) electrons. The molecule has 0 saturated carbocycles. The Morgan fingerprint density at radius 3 is 2.86 bits per heavy atom. The Balaban J connectivity index is 1.82. The Morgan fingerprint density at radius 2 is 2.18 bits per heavy atom. The lowest BCUT2D eigenvalue weighted by atomic mass is 10.1. The Kier molecular flexibility index (Phi) is 6.65. The molecular formula is C17H26FN3O. The molecule has 1 heterocycles. The smallest absolute Gasteiger partial charge is 0.193 e. The number of rotatable bonds is 5. The van der Waals surface area contributed by atoms with E-state index in [1.165, 1.54) is 6.07 Å². The van der Waals surface area contributed by atoms with E-state index in [9.17, 15) is 9.50 Å². The summed E-state index contributed by atoms with van der Waals surface area (Å²) >= 11 is 0. The fourth-order valence-corrected chi connectivity index (χ4v) is 2.66. The van der Waals surface area contributed by atoms with Gasteiger partial charge in [-0.2, -0.15) is 0 Å². The molecular weight excluding hydrogens is 281 g/mol. The lowest BCUT2D eigenvalue weighted by Gasteiger charge is -2.32. The van der Waals surface area contributed by atoms with Gasteiger partial charge in [0.2, 0.25) is 0 Å². The van der Waals surface area contributed by atoms with Gasteiger partial charge in [-0.15, -0.1) is 0 Å². The Hall–Kier alpha value is -1.62. The molecule has 1 fully saturated rings. The normalized spacial score (nSPS) is 16.9. The minimum atomic E-state index is -0.179. The number of hydrogen-bond acceptors (Lipinski definition) is 2. The monoisotopic (exact) mass is 307 g/mol. The third-order valence-electron chi connectivity index (χ3n) is 3.87. The highest BCUT2D eigenvalue weighted by Crippen LogP contribution is 2.10. The fourth-order valence-electron chi connectivity index (χ4n) is 2.66. The molecule has 22 heavy (non-hydrogen) atoms. The Bertz CT molecular complexity index is 485. The van der Waals surface area contributed by atoms with E-state index in [0.29, 0.717) is 0 Å². The first-order chi connectivity index (χ1) is 10.7. The minimum Gasteiger partial charge on any atom is -0.393 e. The van der Waals surface area contributed by atoms with E-state index in [1.54, 1.807) is 12.1 Å². The molecule has 122 valence electrons. The molecule has 2 N–H and O–H groups in total. The summed E-state index contributed by atoms with van der Waals surface area (Å²) in [5.41, 5.74) is 1.02. The van der Waals surface area contributed by atoms with E-state index in [1.807, 2.05) is 6.07 Å². The maximum absolute atomic E-state index is 13.1. The summed E-state index contributed by atoms with van der Waals surface area (Å²) in [6.45, 7) is 5.30. The minimum absolute atomic E-state index is 0.174. The van der Waals surface area contributed by atoms with Gasteiger partial charge < -0.3 is 15.3 Å². The van der Waals surface area contributed by atoms with Crippen molar-refractivity contribution in [2.45, 2.75) is 38.7 Å². The van der Waals surface area contributed by atoms with Gasteiger partial charge in [-0.3, -0.25) is 4.99 Å². The molecule has 0 unspecified atom stereocenters. The number of aliphatic imine (C=N–C) groups is 1. The van der Waals surface area contributed by atoms with Gasteiger partial charge in [-0.1, -0.05) is 12.1 Å². The quantitative estimate of drug-likeness (QED) is 0.498. The number of guanidine groups is 1. The average molecular weight is 307 g/mol. The van der Waals surface area contributed by atoms with Crippen LogP contribution in [-0.4, -0.2) is 48.2 Å². The SMILES string of the molecule is CCNC(=NCCCc1cccc(F)c1)N1CCC(O)CC1. The second-order valence-electron chi connectivity index (χ2n) is 5.69. The van der Waals surface area contributed by atoms with E-state index in [0.717, 1.165) is 63.4 Å². The summed E-state index contributed by atoms with van der Waals surface area (Å²) in [4.78, 5) is 6.86. The molecule has 5 heteroatoms. The van der Waals surface area contributed by atoms with Crippen LogP contribution in [0.4, 0.5) is 4.39 Å². The van der Waals surface area contributed by atoms with Crippen LogP contribution in [0.15, 0.2) is 29.3 Å². The Morgan fingerprint density at radius 1 is 1.41 bits per heavy atom. The van der Waals surface area contributed by atoms with Crippen molar-refractivity contribution < 1.29 is 9.50 Å². The average Bonchev–Trinajstić information content (AvgIpc) is 2.51. The van der Waals surface area contributed by atoms with Crippen LogP contribution in [0.25, 0.3) is 0 Å². The highest BCUT2D eigenvalue weighted by Gasteiger charge is 2.19. The van der Waals surface area contributed by atoms with Crippen molar-refractivity contribution in [3.8, 4) is 0 Å². The first-order valence-electron chi connectivity index (χ1n) is 8.15. The maximum atomic E-state index is 13.1. The molecule has 0 atom stereocenters. The van der Waals surface area contributed by atoms with Crippen LogP contribution < -0.4 is 5.32 Å². The number of aliphatic hydroxyl groups is 1. The molecule has 0 aromatic heterocycles. The third kappa shape index (κ3) is 5.30. The fraction of sp³-hybridized carbons (Fsp3) is 0.588. The summed E-state index contributed by atoms with van der Waals surface area (Å²) in [5.74, 6) is 0.745. The Labute approximate surface area is 132 Å². The molecule has 4 nitrogen and oxygen atoms in total. The van der Waals surface area contributed by atoms with E-state index in [2.05, 4.69) is 22.1 Å². The van der Waals surface area contributed by atoms with Crippen molar-refractivity contribution in [1.82, 2.24) is 10.2 Å². The summed E-state index contributed by atoms with van der Waals surface area (Å²) in [7, 11) is 0. The number of aryl methyl sites for hydroxylation is 1. The van der Waals surface area contributed by atoms with Crippen LogP contribution in [0.2, 0.25) is 0 Å². The predicted octanol–water partition coefficient (Wildman–Crippen LogP) is 2.18. The maximum Gasteiger partial charge on any atom is 0.193 e. The van der Waals surface area contributed by atoms with Crippen LogP contribution in [0.1, 0.15) is 31.7 Å². The molecule has 2 rings (SSSR count). The molecule has 1 aliphatic heterocycles. The van der Waals surface area contributed by atoms with E-state index in [4.69, 9.17) is 0 Å². The topological polar surface area (TPSA) is 47.9 Å². The summed E-state index contributed by atoms with van der Waals surface area (Å²) in [6, 6.07) is 6.75. The van der Waals surface area contributed by atoms with Gasteiger partial charge in [-0.25, -0.2) is 4.39 Å². The molecule has 1 aliphatic rings. The highest BCUT2D eigenvalue weighted by atomic mass is 19.1. The van der Waals surface area contributed by atoms with E-state index < -0.39 is 0 Å². The lowest BCUT2D eigenvalue weighted by Crippen LogP contribution is -2.46. The van der Waals surface area contributed by atoms with Gasteiger partial charge in [0.05, 0.1) is 6.10 Å². The van der Waals surface area contributed by atoms with Crippen molar-refractivity contribution in [3.63, 3.8) is 0 Å². The van der Waals surface area contributed by atoms with Gasteiger partial charge in [0, 0.05) is 26.2 Å². The number of halogens is 1. The highest BCUT2D eigenvalue weighted by molar-refractivity contribution is 5.80. The number of piperidine rings is 1. The van der Waals surface area contributed by atoms with Crippen molar-refractivity contribution in [2.75, 3.05) is 26.2 Å². The molecule has 0 bridgehead atoms. The van der Waals surface area contributed by atoms with E-state index in [-0.39, 0.29) is 11.9 Å². The largest absolute Gasteiger partial charge is 0.393 e. The van der Waals surface area contributed by atoms with Gasteiger partial charge in [-0.05, 0) is 50.3 Å². The zero-order chi connectivity index (χ0) is 15.8. The van der Waals surface area contributed by atoms with Gasteiger partial charge in [0.15, 0.2) is 5.96 Å².